The fourth-order valence-corrected chi connectivity index (χ4v) is 4.61. The van der Waals surface area contributed by atoms with Crippen LogP contribution in [0.1, 0.15) is 38.5 Å². The standard InChI is InChI=1S/C10H19NO3S/c12-9-6-7-11(8-9)15(13,14)10-4-2-1-3-5-10/h9-10,12H,1-8H2. The van der Waals surface area contributed by atoms with Crippen LogP contribution in [0.3, 0.4) is 0 Å². The van der Waals surface area contributed by atoms with Gasteiger partial charge in [-0.3, -0.25) is 0 Å². The molecule has 4 nitrogen and oxygen atoms in total. The van der Waals surface area contributed by atoms with Gasteiger partial charge in [0.15, 0.2) is 0 Å². The lowest BCUT2D eigenvalue weighted by Crippen LogP contribution is -2.38. The number of aliphatic hydroxyl groups is 1. The normalized spacial score (nSPS) is 30.9. The highest BCUT2D eigenvalue weighted by molar-refractivity contribution is 7.89. The van der Waals surface area contributed by atoms with Gasteiger partial charge in [-0.05, 0) is 19.3 Å². The first-order valence-corrected chi connectivity index (χ1v) is 7.28. The Morgan fingerprint density at radius 1 is 1.07 bits per heavy atom. The molecule has 1 saturated carbocycles. The molecule has 2 rings (SSSR count). The maximum absolute atomic E-state index is 12.1. The van der Waals surface area contributed by atoms with Gasteiger partial charge in [-0.15, -0.1) is 0 Å². The largest absolute Gasteiger partial charge is 0.392 e. The first-order valence-electron chi connectivity index (χ1n) is 5.78. The zero-order valence-electron chi connectivity index (χ0n) is 8.93. The van der Waals surface area contributed by atoms with E-state index < -0.39 is 16.1 Å². The van der Waals surface area contributed by atoms with E-state index in [-0.39, 0.29) is 5.25 Å². The van der Waals surface area contributed by atoms with Crippen molar-refractivity contribution in [1.82, 2.24) is 4.31 Å². The summed E-state index contributed by atoms with van der Waals surface area (Å²) in [5.74, 6) is 0. The van der Waals surface area contributed by atoms with Gasteiger partial charge < -0.3 is 5.11 Å². The van der Waals surface area contributed by atoms with Crippen LogP contribution < -0.4 is 0 Å². The summed E-state index contributed by atoms with van der Waals surface area (Å²) in [5, 5.41) is 9.17. The summed E-state index contributed by atoms with van der Waals surface area (Å²) in [5.41, 5.74) is 0. The van der Waals surface area contributed by atoms with Crippen LogP contribution in [0, 0.1) is 0 Å². The van der Waals surface area contributed by atoms with Crippen LogP contribution in [0.15, 0.2) is 0 Å². The first-order chi connectivity index (χ1) is 7.10. The summed E-state index contributed by atoms with van der Waals surface area (Å²) < 4.78 is 25.8. The van der Waals surface area contributed by atoms with E-state index in [2.05, 4.69) is 0 Å². The molecule has 15 heavy (non-hydrogen) atoms. The van der Waals surface area contributed by atoms with Crippen LogP contribution in [0.25, 0.3) is 0 Å². The minimum absolute atomic E-state index is 0.184. The smallest absolute Gasteiger partial charge is 0.217 e. The molecule has 0 spiro atoms. The second-order valence-corrected chi connectivity index (χ2v) is 6.82. The fraction of sp³-hybridized carbons (Fsp3) is 1.00. The average Bonchev–Trinajstić information content (AvgIpc) is 2.67. The molecule has 88 valence electrons. The van der Waals surface area contributed by atoms with Crippen molar-refractivity contribution in [3.63, 3.8) is 0 Å². The summed E-state index contributed by atoms with van der Waals surface area (Å²) in [6.07, 6.45) is 4.95. The minimum atomic E-state index is -3.12. The molecule has 0 aromatic carbocycles. The molecule has 2 fully saturated rings. The summed E-state index contributed by atoms with van der Waals surface area (Å²) >= 11 is 0. The number of rotatable bonds is 2. The van der Waals surface area contributed by atoms with E-state index in [1.54, 1.807) is 0 Å². The van der Waals surface area contributed by atoms with Gasteiger partial charge in [0, 0.05) is 13.1 Å². The van der Waals surface area contributed by atoms with Gasteiger partial charge in [-0.1, -0.05) is 19.3 Å². The van der Waals surface area contributed by atoms with E-state index in [0.29, 0.717) is 19.5 Å². The van der Waals surface area contributed by atoms with E-state index >= 15 is 0 Å². The third-order valence-corrected chi connectivity index (χ3v) is 5.82. The van der Waals surface area contributed by atoms with Crippen molar-refractivity contribution in [2.24, 2.45) is 0 Å². The molecule has 0 aromatic rings. The van der Waals surface area contributed by atoms with Crippen molar-refractivity contribution in [2.75, 3.05) is 13.1 Å². The predicted molar refractivity (Wildman–Crippen MR) is 58.0 cm³/mol. The quantitative estimate of drug-likeness (QED) is 0.764. The maximum Gasteiger partial charge on any atom is 0.217 e. The van der Waals surface area contributed by atoms with Crippen LogP contribution in [0.2, 0.25) is 0 Å². The van der Waals surface area contributed by atoms with Crippen LogP contribution in [-0.2, 0) is 10.0 Å². The predicted octanol–water partition coefficient (Wildman–Crippen LogP) is 0.716. The molecule has 1 aliphatic carbocycles. The molecule has 1 N–H and O–H groups in total. The topological polar surface area (TPSA) is 57.6 Å². The molecule has 1 heterocycles. The molecule has 1 unspecified atom stereocenters. The van der Waals surface area contributed by atoms with E-state index in [1.807, 2.05) is 0 Å². The van der Waals surface area contributed by atoms with Gasteiger partial charge >= 0.3 is 0 Å². The minimum Gasteiger partial charge on any atom is -0.392 e. The summed E-state index contributed by atoms with van der Waals surface area (Å²) in [6.45, 7) is 0.804. The Morgan fingerprint density at radius 2 is 1.73 bits per heavy atom. The average molecular weight is 233 g/mol. The Kier molecular flexibility index (Phi) is 3.33. The van der Waals surface area contributed by atoms with Crippen molar-refractivity contribution in [2.45, 2.75) is 49.9 Å². The highest BCUT2D eigenvalue weighted by Crippen LogP contribution is 2.27. The maximum atomic E-state index is 12.1. The SMILES string of the molecule is O=S(=O)(C1CCCCC1)N1CCC(O)C1. The van der Waals surface area contributed by atoms with Crippen LogP contribution >= 0.6 is 0 Å². The lowest BCUT2D eigenvalue weighted by molar-refractivity contribution is 0.189. The molecule has 0 bridgehead atoms. The van der Waals surface area contributed by atoms with Crippen molar-refractivity contribution in [1.29, 1.82) is 0 Å². The van der Waals surface area contributed by atoms with Crippen LogP contribution in [0.4, 0.5) is 0 Å². The third kappa shape index (κ3) is 2.34. The Hall–Kier alpha value is -0.130. The van der Waals surface area contributed by atoms with Crippen molar-refractivity contribution in [3.8, 4) is 0 Å². The van der Waals surface area contributed by atoms with Gasteiger partial charge in [0.2, 0.25) is 10.0 Å². The molecule has 0 radical (unpaired) electrons. The monoisotopic (exact) mass is 233 g/mol. The lowest BCUT2D eigenvalue weighted by Gasteiger charge is -2.26. The number of nitrogens with zero attached hydrogens (tertiary/aromatic N) is 1. The molecule has 0 aromatic heterocycles. The lowest BCUT2D eigenvalue weighted by atomic mass is 10.0. The van der Waals surface area contributed by atoms with Gasteiger partial charge in [-0.2, -0.15) is 4.31 Å². The van der Waals surface area contributed by atoms with E-state index in [1.165, 1.54) is 4.31 Å². The van der Waals surface area contributed by atoms with Gasteiger partial charge in [0.25, 0.3) is 0 Å². The van der Waals surface area contributed by atoms with Gasteiger partial charge in [0.1, 0.15) is 0 Å². The second-order valence-electron chi connectivity index (χ2n) is 4.61. The molecular formula is C10H19NO3S. The number of hydrogen-bond donors (Lipinski definition) is 1. The zero-order chi connectivity index (χ0) is 10.9. The van der Waals surface area contributed by atoms with Crippen molar-refractivity contribution < 1.29 is 13.5 Å². The molecule has 5 heteroatoms. The Balaban J connectivity index is 2.05. The summed E-state index contributed by atoms with van der Waals surface area (Å²) in [7, 11) is -3.12. The molecule has 1 aliphatic heterocycles. The fourth-order valence-electron chi connectivity index (χ4n) is 2.52. The highest BCUT2D eigenvalue weighted by Gasteiger charge is 2.36. The van der Waals surface area contributed by atoms with Crippen molar-refractivity contribution >= 4 is 10.0 Å². The number of hydrogen-bond acceptors (Lipinski definition) is 3. The Morgan fingerprint density at radius 3 is 2.27 bits per heavy atom. The first kappa shape index (κ1) is 11.4. The van der Waals surface area contributed by atoms with Crippen molar-refractivity contribution in [3.05, 3.63) is 0 Å². The highest BCUT2D eigenvalue weighted by atomic mass is 32.2. The molecular weight excluding hydrogens is 214 g/mol. The molecule has 1 saturated heterocycles. The molecule has 1 atom stereocenters. The van der Waals surface area contributed by atoms with E-state index in [9.17, 15) is 13.5 Å². The number of aliphatic hydroxyl groups excluding tert-OH is 1. The van der Waals surface area contributed by atoms with Gasteiger partial charge in [-0.25, -0.2) is 8.42 Å². The zero-order valence-corrected chi connectivity index (χ0v) is 9.75. The number of β-amino-alcohol motifs (C(OH)–C–C–N with tert-alkyl or cyclic N) is 1. The summed E-state index contributed by atoms with van der Waals surface area (Å²) in [4.78, 5) is 0. The van der Waals surface area contributed by atoms with Crippen LogP contribution in [0.5, 0.6) is 0 Å². The van der Waals surface area contributed by atoms with Gasteiger partial charge in [0.05, 0.1) is 11.4 Å². The summed E-state index contributed by atoms with van der Waals surface area (Å²) in [6, 6.07) is 0. The van der Waals surface area contributed by atoms with Crippen LogP contribution in [-0.4, -0.2) is 42.3 Å². The molecule has 0 amide bonds. The third-order valence-electron chi connectivity index (χ3n) is 3.46. The van der Waals surface area contributed by atoms with E-state index in [0.717, 1.165) is 32.1 Å². The Bertz CT molecular complexity index is 298. The van der Waals surface area contributed by atoms with E-state index in [4.69, 9.17) is 0 Å². The number of sulfonamides is 1. The Labute approximate surface area is 91.3 Å². The second kappa shape index (κ2) is 4.39. The molecule has 2 aliphatic rings.